The van der Waals surface area contributed by atoms with E-state index in [2.05, 4.69) is 26.1 Å². The van der Waals surface area contributed by atoms with Crippen LogP contribution < -0.4 is 10.2 Å². The summed E-state index contributed by atoms with van der Waals surface area (Å²) in [5.74, 6) is -1.86. The summed E-state index contributed by atoms with van der Waals surface area (Å²) in [6.07, 6.45) is 1.73. The van der Waals surface area contributed by atoms with E-state index in [1.807, 2.05) is 50.2 Å². The van der Waals surface area contributed by atoms with Crippen LogP contribution in [0.2, 0.25) is 0 Å². The maximum absolute atomic E-state index is 13.9. The Morgan fingerprint density at radius 2 is 1.84 bits per heavy atom. The summed E-state index contributed by atoms with van der Waals surface area (Å²) >= 11 is 3.53. The first-order valence-electron chi connectivity index (χ1n) is 10.7. The second-order valence-electron chi connectivity index (χ2n) is 9.10. The van der Waals surface area contributed by atoms with E-state index in [0.717, 1.165) is 39.7 Å². The second kappa shape index (κ2) is 6.26. The van der Waals surface area contributed by atoms with Crippen molar-refractivity contribution < 1.29 is 14.4 Å². The number of hydrogen-bond acceptors (Lipinski definition) is 4. The summed E-state index contributed by atoms with van der Waals surface area (Å²) < 4.78 is 0.851. The zero-order valence-electron chi connectivity index (χ0n) is 17.3. The SMILES string of the molecule is Cc1ccc(N2C(=O)C3C4CCCN4C4(C(=O)Nc5ccc(Br)cc54)C3C2=O)cc1C. The molecule has 7 heteroatoms. The van der Waals surface area contributed by atoms with Crippen molar-refractivity contribution in [3.05, 3.63) is 57.6 Å². The Bertz CT molecular complexity index is 1190. The van der Waals surface area contributed by atoms with Crippen LogP contribution >= 0.6 is 15.9 Å². The molecule has 2 aromatic carbocycles. The van der Waals surface area contributed by atoms with Crippen molar-refractivity contribution in [2.75, 3.05) is 16.8 Å². The minimum absolute atomic E-state index is 0.103. The van der Waals surface area contributed by atoms with Gasteiger partial charge in [-0.1, -0.05) is 22.0 Å². The lowest BCUT2D eigenvalue weighted by Crippen LogP contribution is -2.54. The molecule has 158 valence electrons. The van der Waals surface area contributed by atoms with Crippen LogP contribution in [0.25, 0.3) is 0 Å². The van der Waals surface area contributed by atoms with Crippen LogP contribution in [0.15, 0.2) is 40.9 Å². The molecule has 6 nitrogen and oxygen atoms in total. The molecule has 4 aliphatic rings. The van der Waals surface area contributed by atoms with Crippen LogP contribution in [-0.2, 0) is 19.9 Å². The lowest BCUT2D eigenvalue weighted by atomic mass is 9.75. The molecule has 0 aliphatic carbocycles. The first-order valence-corrected chi connectivity index (χ1v) is 11.5. The Labute approximate surface area is 188 Å². The summed E-state index contributed by atoms with van der Waals surface area (Å²) in [7, 11) is 0. The van der Waals surface area contributed by atoms with E-state index in [1.165, 1.54) is 4.90 Å². The number of amides is 3. The zero-order chi connectivity index (χ0) is 21.7. The fraction of sp³-hybridized carbons (Fsp3) is 0.375. The molecule has 0 aromatic heterocycles. The first-order chi connectivity index (χ1) is 14.9. The van der Waals surface area contributed by atoms with Crippen molar-refractivity contribution >= 4 is 45.0 Å². The summed E-state index contributed by atoms with van der Waals surface area (Å²) in [5, 5.41) is 3.01. The van der Waals surface area contributed by atoms with Gasteiger partial charge in [-0.25, -0.2) is 4.90 Å². The normalized spacial score (nSPS) is 31.4. The molecule has 0 bridgehead atoms. The number of benzene rings is 2. The van der Waals surface area contributed by atoms with Crippen LogP contribution in [-0.4, -0.2) is 35.2 Å². The van der Waals surface area contributed by atoms with E-state index in [1.54, 1.807) is 0 Å². The smallest absolute Gasteiger partial charge is 0.250 e. The zero-order valence-corrected chi connectivity index (χ0v) is 18.9. The van der Waals surface area contributed by atoms with Crippen LogP contribution in [0.3, 0.4) is 0 Å². The average molecular weight is 480 g/mol. The lowest BCUT2D eigenvalue weighted by Gasteiger charge is -2.36. The number of rotatable bonds is 1. The molecule has 4 unspecified atom stereocenters. The molecule has 1 spiro atoms. The van der Waals surface area contributed by atoms with Crippen molar-refractivity contribution in [2.24, 2.45) is 11.8 Å². The van der Waals surface area contributed by atoms with Crippen molar-refractivity contribution in [2.45, 2.75) is 38.3 Å². The van der Waals surface area contributed by atoms with Crippen LogP contribution in [0.1, 0.15) is 29.5 Å². The minimum atomic E-state index is -1.13. The predicted molar refractivity (Wildman–Crippen MR) is 120 cm³/mol. The van der Waals surface area contributed by atoms with Gasteiger partial charge in [-0.3, -0.25) is 19.3 Å². The van der Waals surface area contributed by atoms with Crippen molar-refractivity contribution in [1.82, 2.24) is 4.90 Å². The molecule has 3 amide bonds. The fourth-order valence-electron chi connectivity index (χ4n) is 6.29. The van der Waals surface area contributed by atoms with Gasteiger partial charge < -0.3 is 5.32 Å². The van der Waals surface area contributed by atoms with Gasteiger partial charge in [0.25, 0.3) is 0 Å². The van der Waals surface area contributed by atoms with Crippen molar-refractivity contribution in [1.29, 1.82) is 0 Å². The molecule has 31 heavy (non-hydrogen) atoms. The van der Waals surface area contributed by atoms with E-state index in [-0.39, 0.29) is 23.8 Å². The highest BCUT2D eigenvalue weighted by Gasteiger charge is 2.74. The number of fused-ring (bicyclic) bond motifs is 7. The van der Waals surface area contributed by atoms with E-state index in [0.29, 0.717) is 12.2 Å². The highest BCUT2D eigenvalue weighted by atomic mass is 79.9. The molecule has 2 aromatic rings. The maximum Gasteiger partial charge on any atom is 0.250 e. The van der Waals surface area contributed by atoms with Gasteiger partial charge in [-0.2, -0.15) is 0 Å². The number of nitrogens with zero attached hydrogens (tertiary/aromatic N) is 2. The summed E-state index contributed by atoms with van der Waals surface area (Å²) in [5.41, 5.74) is 3.13. The standard InChI is InChI=1S/C24H22BrN3O3/c1-12-5-7-15(10-13(12)2)28-21(29)19-18-4-3-9-27(18)24(20(19)22(28)30)16-11-14(25)6-8-17(16)26-23(24)31/h5-8,10-11,18-20H,3-4,9H2,1-2H3,(H,26,31). The summed E-state index contributed by atoms with van der Waals surface area (Å²) in [6, 6.07) is 11.2. The number of aryl methyl sites for hydroxylation is 2. The Morgan fingerprint density at radius 3 is 2.61 bits per heavy atom. The predicted octanol–water partition coefficient (Wildman–Crippen LogP) is 3.50. The van der Waals surface area contributed by atoms with Gasteiger partial charge in [-0.05, 0) is 74.7 Å². The Morgan fingerprint density at radius 1 is 1.03 bits per heavy atom. The van der Waals surface area contributed by atoms with Crippen molar-refractivity contribution in [3.8, 4) is 0 Å². The van der Waals surface area contributed by atoms with Crippen LogP contribution in [0.5, 0.6) is 0 Å². The van der Waals surface area contributed by atoms with Gasteiger partial charge in [-0.15, -0.1) is 0 Å². The van der Waals surface area contributed by atoms with Gasteiger partial charge in [0.1, 0.15) is 5.54 Å². The third-order valence-corrected chi connectivity index (χ3v) is 8.20. The van der Waals surface area contributed by atoms with E-state index < -0.39 is 17.4 Å². The van der Waals surface area contributed by atoms with E-state index in [4.69, 9.17) is 0 Å². The molecule has 0 saturated carbocycles. The van der Waals surface area contributed by atoms with Crippen LogP contribution in [0.4, 0.5) is 11.4 Å². The number of carbonyl (C=O) groups excluding carboxylic acids is 3. The van der Waals surface area contributed by atoms with Crippen LogP contribution in [0, 0.1) is 25.7 Å². The molecule has 3 fully saturated rings. The quantitative estimate of drug-likeness (QED) is 0.635. The van der Waals surface area contributed by atoms with E-state index >= 15 is 0 Å². The highest BCUT2D eigenvalue weighted by molar-refractivity contribution is 9.10. The first kappa shape index (κ1) is 19.2. The molecule has 6 rings (SSSR count). The fourth-order valence-corrected chi connectivity index (χ4v) is 6.66. The lowest BCUT2D eigenvalue weighted by molar-refractivity contribution is -0.135. The second-order valence-corrected chi connectivity index (χ2v) is 10.0. The molecular weight excluding hydrogens is 458 g/mol. The number of halogens is 1. The molecule has 0 radical (unpaired) electrons. The molecule has 3 saturated heterocycles. The monoisotopic (exact) mass is 479 g/mol. The summed E-state index contributed by atoms with van der Waals surface area (Å²) in [6.45, 7) is 4.69. The van der Waals surface area contributed by atoms with Crippen molar-refractivity contribution in [3.63, 3.8) is 0 Å². The third kappa shape index (κ3) is 2.23. The van der Waals surface area contributed by atoms with Gasteiger partial charge in [0, 0.05) is 21.8 Å². The van der Waals surface area contributed by atoms with Gasteiger partial charge in [0.2, 0.25) is 17.7 Å². The molecule has 4 aliphatic heterocycles. The number of anilines is 2. The van der Waals surface area contributed by atoms with Gasteiger partial charge in [0.05, 0.1) is 17.5 Å². The highest BCUT2D eigenvalue weighted by Crippen LogP contribution is 2.60. The average Bonchev–Trinajstić information content (AvgIpc) is 3.43. The largest absolute Gasteiger partial charge is 0.324 e. The maximum atomic E-state index is 13.9. The number of carbonyl (C=O) groups is 3. The molecule has 1 N–H and O–H groups in total. The Kier molecular flexibility index (Phi) is 3.88. The Hall–Kier alpha value is -2.51. The molecular formula is C24H22BrN3O3. The Balaban J connectivity index is 1.56. The summed E-state index contributed by atoms with van der Waals surface area (Å²) in [4.78, 5) is 44.7. The number of hydrogen-bond donors (Lipinski definition) is 1. The van der Waals surface area contributed by atoms with E-state index in [9.17, 15) is 14.4 Å². The minimum Gasteiger partial charge on any atom is -0.324 e. The molecule has 4 atom stereocenters. The molecule has 4 heterocycles. The van der Waals surface area contributed by atoms with Gasteiger partial charge in [0.15, 0.2) is 0 Å². The number of imide groups is 1. The third-order valence-electron chi connectivity index (χ3n) is 7.70. The van der Waals surface area contributed by atoms with Gasteiger partial charge >= 0.3 is 0 Å². The topological polar surface area (TPSA) is 69.7 Å². The number of nitrogens with one attached hydrogen (secondary N) is 1.